The van der Waals surface area contributed by atoms with E-state index in [-0.39, 0.29) is 12.2 Å². The second-order valence-electron chi connectivity index (χ2n) is 7.62. The number of rotatable bonds is 8. The minimum absolute atomic E-state index is 0.0617. The Morgan fingerprint density at radius 1 is 1.06 bits per heavy atom. The molecule has 0 unspecified atom stereocenters. The first-order chi connectivity index (χ1) is 16.3. The van der Waals surface area contributed by atoms with E-state index in [9.17, 15) is 10.1 Å². The van der Waals surface area contributed by atoms with Crippen LogP contribution in [0.4, 0.5) is 5.69 Å². The number of nitrogens with zero attached hydrogens (tertiary/aromatic N) is 1. The molecule has 174 valence electrons. The summed E-state index contributed by atoms with van der Waals surface area (Å²) in [6.07, 6.45) is 1.47. The zero-order chi connectivity index (χ0) is 24.7. The van der Waals surface area contributed by atoms with Gasteiger partial charge in [0.2, 0.25) is 0 Å². The summed E-state index contributed by atoms with van der Waals surface area (Å²) in [6, 6.07) is 18.2. The van der Waals surface area contributed by atoms with Gasteiger partial charge in [-0.05, 0) is 73.9 Å². The smallest absolute Gasteiger partial charge is 0.266 e. The number of hydrogen-bond acceptors (Lipinski definition) is 4. The first-order valence-electron chi connectivity index (χ1n) is 10.6. The predicted molar refractivity (Wildman–Crippen MR) is 137 cm³/mol. The number of carbonyl (C=O) groups is 1. The lowest BCUT2D eigenvalue weighted by Crippen LogP contribution is -2.14. The highest BCUT2D eigenvalue weighted by Gasteiger charge is 2.15. The summed E-state index contributed by atoms with van der Waals surface area (Å²) in [6.45, 7) is 6.38. The topological polar surface area (TPSA) is 71.3 Å². The van der Waals surface area contributed by atoms with Gasteiger partial charge in [-0.15, -0.1) is 0 Å². The van der Waals surface area contributed by atoms with Gasteiger partial charge in [-0.3, -0.25) is 4.79 Å². The highest BCUT2D eigenvalue weighted by Crippen LogP contribution is 2.38. The lowest BCUT2D eigenvalue weighted by Gasteiger charge is -2.15. The molecule has 0 aliphatic heterocycles. The van der Waals surface area contributed by atoms with E-state index < -0.39 is 5.91 Å². The van der Waals surface area contributed by atoms with Crippen LogP contribution in [0.15, 0.2) is 60.2 Å². The van der Waals surface area contributed by atoms with Crippen molar-refractivity contribution in [3.05, 3.63) is 92.5 Å². The quantitative estimate of drug-likeness (QED) is 0.267. The van der Waals surface area contributed by atoms with Crippen LogP contribution in [0.3, 0.4) is 0 Å². The van der Waals surface area contributed by atoms with Crippen LogP contribution in [0.5, 0.6) is 11.5 Å². The summed E-state index contributed by atoms with van der Waals surface area (Å²) < 4.78 is 11.6. The molecule has 0 radical (unpaired) electrons. The van der Waals surface area contributed by atoms with E-state index >= 15 is 0 Å². The van der Waals surface area contributed by atoms with Crippen molar-refractivity contribution >= 4 is 40.9 Å². The molecule has 3 aromatic rings. The molecule has 3 aromatic carbocycles. The Bertz CT molecular complexity index is 1260. The molecule has 0 bridgehead atoms. The number of ether oxygens (including phenoxy) is 2. The van der Waals surface area contributed by atoms with Crippen molar-refractivity contribution in [2.24, 2.45) is 0 Å². The average molecular weight is 495 g/mol. The molecule has 1 N–H and O–H groups in total. The van der Waals surface area contributed by atoms with E-state index in [1.54, 1.807) is 24.3 Å². The van der Waals surface area contributed by atoms with Crippen molar-refractivity contribution in [3.8, 4) is 17.6 Å². The fourth-order valence-electron chi connectivity index (χ4n) is 3.27. The van der Waals surface area contributed by atoms with Gasteiger partial charge in [-0.2, -0.15) is 5.26 Å². The molecule has 0 heterocycles. The maximum Gasteiger partial charge on any atom is 0.266 e. The molecule has 3 rings (SSSR count). The van der Waals surface area contributed by atoms with Gasteiger partial charge < -0.3 is 14.8 Å². The molecular formula is C27H24Cl2N2O3. The summed E-state index contributed by atoms with van der Waals surface area (Å²) in [5.74, 6) is 0.294. The average Bonchev–Trinajstić information content (AvgIpc) is 2.80. The molecular weight excluding hydrogens is 471 g/mol. The molecule has 1 amide bonds. The van der Waals surface area contributed by atoms with Crippen LogP contribution < -0.4 is 14.8 Å². The largest absolute Gasteiger partial charge is 0.490 e. The van der Waals surface area contributed by atoms with Crippen LogP contribution in [0, 0.1) is 25.2 Å². The summed E-state index contributed by atoms with van der Waals surface area (Å²) in [7, 11) is 0. The van der Waals surface area contributed by atoms with Crippen molar-refractivity contribution in [2.45, 2.75) is 27.4 Å². The van der Waals surface area contributed by atoms with Crippen LogP contribution in [0.1, 0.15) is 29.2 Å². The number of benzene rings is 3. The molecule has 0 saturated heterocycles. The third-order valence-electron chi connectivity index (χ3n) is 4.93. The molecule has 34 heavy (non-hydrogen) atoms. The molecule has 0 aliphatic carbocycles. The minimum Gasteiger partial charge on any atom is -0.490 e. The lowest BCUT2D eigenvalue weighted by molar-refractivity contribution is -0.112. The van der Waals surface area contributed by atoms with Gasteiger partial charge in [-0.1, -0.05) is 53.0 Å². The van der Waals surface area contributed by atoms with E-state index in [0.29, 0.717) is 39.4 Å². The van der Waals surface area contributed by atoms with Gasteiger partial charge >= 0.3 is 0 Å². The van der Waals surface area contributed by atoms with Crippen LogP contribution in [-0.2, 0) is 11.4 Å². The second-order valence-corrected chi connectivity index (χ2v) is 8.46. The Kier molecular flexibility index (Phi) is 8.59. The zero-order valence-electron chi connectivity index (χ0n) is 19.1. The van der Waals surface area contributed by atoms with Crippen molar-refractivity contribution in [1.82, 2.24) is 0 Å². The van der Waals surface area contributed by atoms with Gasteiger partial charge in [0.1, 0.15) is 18.2 Å². The van der Waals surface area contributed by atoms with Gasteiger partial charge in [0.25, 0.3) is 5.91 Å². The molecule has 0 atom stereocenters. The molecule has 0 aromatic heterocycles. The maximum atomic E-state index is 12.7. The predicted octanol–water partition coefficient (Wildman–Crippen LogP) is 7.13. The highest BCUT2D eigenvalue weighted by molar-refractivity contribution is 6.32. The van der Waals surface area contributed by atoms with E-state index in [1.807, 2.05) is 57.2 Å². The summed E-state index contributed by atoms with van der Waals surface area (Å²) >= 11 is 12.4. The number of halogens is 2. The third kappa shape index (κ3) is 6.54. The van der Waals surface area contributed by atoms with E-state index in [2.05, 4.69) is 5.32 Å². The second kappa shape index (κ2) is 11.6. The molecule has 0 spiro atoms. The molecule has 0 saturated carbocycles. The van der Waals surface area contributed by atoms with Crippen LogP contribution >= 0.6 is 23.2 Å². The Morgan fingerprint density at radius 2 is 1.79 bits per heavy atom. The Labute approximate surface area is 209 Å². The molecule has 0 fully saturated rings. The number of amides is 1. The highest BCUT2D eigenvalue weighted by atomic mass is 35.5. The van der Waals surface area contributed by atoms with Gasteiger partial charge in [0, 0.05) is 10.7 Å². The summed E-state index contributed by atoms with van der Waals surface area (Å²) in [5, 5.41) is 13.3. The van der Waals surface area contributed by atoms with Crippen LogP contribution in [0.2, 0.25) is 10.0 Å². The van der Waals surface area contributed by atoms with Crippen LogP contribution in [0.25, 0.3) is 6.08 Å². The van der Waals surface area contributed by atoms with Crippen LogP contribution in [-0.4, -0.2) is 12.5 Å². The van der Waals surface area contributed by atoms with Crippen molar-refractivity contribution in [1.29, 1.82) is 5.26 Å². The maximum absolute atomic E-state index is 12.7. The lowest BCUT2D eigenvalue weighted by atomic mass is 10.1. The van der Waals surface area contributed by atoms with E-state index in [4.69, 9.17) is 32.7 Å². The van der Waals surface area contributed by atoms with Gasteiger partial charge in [0.05, 0.1) is 11.6 Å². The summed E-state index contributed by atoms with van der Waals surface area (Å²) in [5.41, 5.74) is 4.04. The van der Waals surface area contributed by atoms with E-state index in [1.165, 1.54) is 6.08 Å². The number of hydrogen-bond donors (Lipinski definition) is 1. The fourth-order valence-corrected chi connectivity index (χ4v) is 3.67. The Balaban J connectivity index is 1.85. The number of aryl methyl sites for hydroxylation is 2. The SMILES string of the molecule is CCOc1cc(/C=C(\C#N)C(=O)Nc2ccc(C)cc2C)cc(Cl)c1OCc1ccc(Cl)cc1. The zero-order valence-corrected chi connectivity index (χ0v) is 20.6. The van der Waals surface area contributed by atoms with Gasteiger partial charge in [0.15, 0.2) is 11.5 Å². The van der Waals surface area contributed by atoms with Crippen molar-refractivity contribution in [3.63, 3.8) is 0 Å². The van der Waals surface area contributed by atoms with E-state index in [0.717, 1.165) is 16.7 Å². The number of anilines is 1. The molecule has 7 heteroatoms. The number of nitriles is 1. The standard InChI is InChI=1S/C27H24Cl2N2O3/c1-4-33-25-14-20(13-23(29)26(25)34-16-19-6-8-22(28)9-7-19)12-21(15-30)27(32)31-24-10-5-17(2)11-18(24)3/h5-14H,4,16H2,1-3H3,(H,31,32)/b21-12+. The summed E-state index contributed by atoms with van der Waals surface area (Å²) in [4.78, 5) is 12.7. The first kappa shape index (κ1) is 25.2. The monoisotopic (exact) mass is 494 g/mol. The minimum atomic E-state index is -0.508. The van der Waals surface area contributed by atoms with Crippen molar-refractivity contribution in [2.75, 3.05) is 11.9 Å². The number of carbonyl (C=O) groups excluding carboxylic acids is 1. The Morgan fingerprint density at radius 3 is 2.44 bits per heavy atom. The molecule has 0 aliphatic rings. The Hall–Kier alpha value is -3.46. The van der Waals surface area contributed by atoms with Crippen molar-refractivity contribution < 1.29 is 14.3 Å². The normalized spacial score (nSPS) is 11.0. The molecule has 5 nitrogen and oxygen atoms in total. The third-order valence-corrected chi connectivity index (χ3v) is 5.47. The van der Waals surface area contributed by atoms with Gasteiger partial charge in [-0.25, -0.2) is 0 Å². The number of nitrogens with one attached hydrogen (secondary N) is 1. The fraction of sp³-hybridized carbons (Fsp3) is 0.185. The first-order valence-corrected chi connectivity index (χ1v) is 11.4.